The van der Waals surface area contributed by atoms with Gasteiger partial charge in [0.1, 0.15) is 17.4 Å². The zero-order valence-electron chi connectivity index (χ0n) is 17.2. The fraction of sp³-hybridized carbons (Fsp3) is 0.458. The van der Waals surface area contributed by atoms with Crippen molar-refractivity contribution < 1.29 is 9.13 Å². The molecule has 1 saturated heterocycles. The molecule has 152 valence electrons. The first-order valence-electron chi connectivity index (χ1n) is 10.7. The van der Waals surface area contributed by atoms with E-state index in [4.69, 9.17) is 9.72 Å². The average Bonchev–Trinajstić information content (AvgIpc) is 3.10. The molecule has 1 aromatic heterocycles. The third-order valence-corrected chi connectivity index (χ3v) is 6.69. The summed E-state index contributed by atoms with van der Waals surface area (Å²) >= 11 is 0. The van der Waals surface area contributed by atoms with Crippen LogP contribution in [0.25, 0.3) is 11.0 Å². The van der Waals surface area contributed by atoms with Gasteiger partial charge < -0.3 is 9.30 Å². The van der Waals surface area contributed by atoms with E-state index in [2.05, 4.69) is 34.6 Å². The van der Waals surface area contributed by atoms with Gasteiger partial charge in [0.25, 0.3) is 0 Å². The third kappa shape index (κ3) is 3.42. The Bertz CT molecular complexity index is 1040. The smallest absolute Gasteiger partial charge is 0.125 e. The Kier molecular flexibility index (Phi) is 4.78. The minimum Gasteiger partial charge on any atom is -0.497 e. The normalized spacial score (nSPS) is 20.3. The molecule has 2 aliphatic heterocycles. The molecule has 5 rings (SSSR count). The average molecular weight is 394 g/mol. The van der Waals surface area contributed by atoms with Crippen LogP contribution in [0.3, 0.4) is 0 Å². The van der Waals surface area contributed by atoms with E-state index in [1.807, 2.05) is 6.07 Å². The van der Waals surface area contributed by atoms with Crippen LogP contribution in [-0.4, -0.2) is 34.7 Å². The maximum absolute atomic E-state index is 14.0. The molecule has 0 amide bonds. The molecule has 0 radical (unpaired) electrons. The van der Waals surface area contributed by atoms with Gasteiger partial charge in [-0.3, -0.25) is 4.90 Å². The van der Waals surface area contributed by atoms with E-state index in [9.17, 15) is 4.39 Å². The number of hydrogen-bond donors (Lipinski definition) is 0. The van der Waals surface area contributed by atoms with Crippen LogP contribution in [-0.2, 0) is 13.0 Å². The molecule has 2 aliphatic rings. The van der Waals surface area contributed by atoms with Crippen molar-refractivity contribution >= 4 is 11.0 Å². The fourth-order valence-electron chi connectivity index (χ4n) is 5.12. The van der Waals surface area contributed by atoms with Crippen LogP contribution in [0, 0.1) is 5.82 Å². The lowest BCUT2D eigenvalue weighted by Crippen LogP contribution is -2.33. The number of nitrogens with zero attached hydrogens (tertiary/aromatic N) is 3. The number of halogens is 1. The summed E-state index contributed by atoms with van der Waals surface area (Å²) in [6, 6.07) is 12.2. The van der Waals surface area contributed by atoms with Crippen molar-refractivity contribution in [2.75, 3.05) is 20.2 Å². The van der Waals surface area contributed by atoms with Crippen LogP contribution in [0.4, 0.5) is 4.39 Å². The minimum atomic E-state index is -0.169. The van der Waals surface area contributed by atoms with Crippen molar-refractivity contribution in [1.82, 2.24) is 14.5 Å². The Balaban J connectivity index is 1.34. The predicted octanol–water partition coefficient (Wildman–Crippen LogP) is 5.07. The van der Waals surface area contributed by atoms with E-state index in [-0.39, 0.29) is 5.82 Å². The van der Waals surface area contributed by atoms with Crippen LogP contribution >= 0.6 is 0 Å². The first-order chi connectivity index (χ1) is 14.1. The van der Waals surface area contributed by atoms with E-state index >= 15 is 0 Å². The number of piperidine rings is 1. The van der Waals surface area contributed by atoms with Crippen molar-refractivity contribution in [2.24, 2.45) is 0 Å². The maximum atomic E-state index is 14.0. The number of rotatable bonds is 4. The van der Waals surface area contributed by atoms with Gasteiger partial charge in [0, 0.05) is 12.1 Å². The van der Waals surface area contributed by atoms with Crippen LogP contribution in [0.2, 0.25) is 0 Å². The number of imidazole rings is 1. The Hall–Kier alpha value is -2.40. The molecular weight excluding hydrogens is 365 g/mol. The highest BCUT2D eigenvalue weighted by Crippen LogP contribution is 2.35. The molecular formula is C24H28FN3O. The number of hydrogen-bond acceptors (Lipinski definition) is 3. The summed E-state index contributed by atoms with van der Waals surface area (Å²) in [5, 5.41) is 0. The van der Waals surface area contributed by atoms with Crippen LogP contribution in [0.1, 0.15) is 55.1 Å². The van der Waals surface area contributed by atoms with E-state index in [1.165, 1.54) is 5.56 Å². The zero-order valence-corrected chi connectivity index (χ0v) is 17.2. The zero-order chi connectivity index (χ0) is 20.0. The highest BCUT2D eigenvalue weighted by molar-refractivity contribution is 5.80. The van der Waals surface area contributed by atoms with Crippen molar-refractivity contribution in [3.63, 3.8) is 0 Å². The maximum Gasteiger partial charge on any atom is 0.125 e. The summed E-state index contributed by atoms with van der Waals surface area (Å²) in [5.41, 5.74) is 4.44. The number of methoxy groups -OCH3 is 1. The molecule has 1 unspecified atom stereocenters. The molecule has 29 heavy (non-hydrogen) atoms. The van der Waals surface area contributed by atoms with Crippen molar-refractivity contribution in [3.05, 3.63) is 59.2 Å². The van der Waals surface area contributed by atoms with Crippen LogP contribution < -0.4 is 4.74 Å². The largest absolute Gasteiger partial charge is 0.497 e. The van der Waals surface area contributed by atoms with E-state index < -0.39 is 0 Å². The first kappa shape index (κ1) is 18.6. The first-order valence-corrected chi connectivity index (χ1v) is 10.7. The highest BCUT2D eigenvalue weighted by atomic mass is 19.1. The SMILES string of the molecule is COc1cccc(C2CCN(Cc3nc4cc(F)cc5c4n3C(C)CC5)CC2)c1. The van der Waals surface area contributed by atoms with Gasteiger partial charge in [-0.05, 0) is 80.9 Å². The van der Waals surface area contributed by atoms with Gasteiger partial charge in [-0.2, -0.15) is 0 Å². The third-order valence-electron chi connectivity index (χ3n) is 6.69. The van der Waals surface area contributed by atoms with Gasteiger partial charge in [-0.1, -0.05) is 12.1 Å². The predicted molar refractivity (Wildman–Crippen MR) is 113 cm³/mol. The fourth-order valence-corrected chi connectivity index (χ4v) is 5.12. The molecule has 1 atom stereocenters. The second-order valence-corrected chi connectivity index (χ2v) is 8.55. The molecule has 0 aliphatic carbocycles. The molecule has 1 fully saturated rings. The summed E-state index contributed by atoms with van der Waals surface area (Å²) in [6.45, 7) is 5.21. The molecule has 0 saturated carbocycles. The quantitative estimate of drug-likeness (QED) is 0.620. The van der Waals surface area contributed by atoms with Crippen molar-refractivity contribution in [2.45, 2.75) is 51.1 Å². The Labute approximate surface area is 171 Å². The lowest BCUT2D eigenvalue weighted by atomic mass is 9.89. The Morgan fingerprint density at radius 2 is 1.97 bits per heavy atom. The van der Waals surface area contributed by atoms with Gasteiger partial charge in [0.2, 0.25) is 0 Å². The number of aromatic nitrogens is 2. The summed E-state index contributed by atoms with van der Waals surface area (Å²) in [4.78, 5) is 7.35. The second kappa shape index (κ2) is 7.45. The summed E-state index contributed by atoms with van der Waals surface area (Å²) < 4.78 is 21.7. The lowest BCUT2D eigenvalue weighted by Gasteiger charge is -2.33. The summed E-state index contributed by atoms with van der Waals surface area (Å²) in [6.07, 6.45) is 4.27. The number of benzene rings is 2. The monoisotopic (exact) mass is 393 g/mol. The van der Waals surface area contributed by atoms with Gasteiger partial charge in [-0.25, -0.2) is 9.37 Å². The number of aryl methyl sites for hydroxylation is 1. The standard InChI is InChI=1S/C24H28FN3O/c1-16-6-7-19-12-20(25)14-22-24(19)28(16)23(26-22)15-27-10-8-17(9-11-27)18-4-3-5-21(13-18)29-2/h3-5,12-14,16-17H,6-11,15H2,1-2H3. The number of likely N-dealkylation sites (tertiary alicyclic amines) is 1. The number of ether oxygens (including phenoxy) is 1. The van der Waals surface area contributed by atoms with Gasteiger partial charge in [0.05, 0.1) is 24.7 Å². The van der Waals surface area contributed by atoms with Gasteiger partial charge >= 0.3 is 0 Å². The van der Waals surface area contributed by atoms with E-state index in [1.54, 1.807) is 19.2 Å². The lowest BCUT2D eigenvalue weighted by molar-refractivity contribution is 0.196. The molecule has 0 N–H and O–H groups in total. The van der Waals surface area contributed by atoms with Crippen LogP contribution in [0.5, 0.6) is 5.75 Å². The molecule has 0 bridgehead atoms. The molecule has 5 heteroatoms. The van der Waals surface area contributed by atoms with Crippen LogP contribution in [0.15, 0.2) is 36.4 Å². The molecule has 2 aromatic carbocycles. The second-order valence-electron chi connectivity index (χ2n) is 8.55. The van der Waals surface area contributed by atoms with E-state index in [0.29, 0.717) is 12.0 Å². The minimum absolute atomic E-state index is 0.169. The Morgan fingerprint density at radius 3 is 2.76 bits per heavy atom. The topological polar surface area (TPSA) is 30.3 Å². The molecule has 3 aromatic rings. The Morgan fingerprint density at radius 1 is 1.14 bits per heavy atom. The molecule has 3 heterocycles. The molecule has 4 nitrogen and oxygen atoms in total. The highest BCUT2D eigenvalue weighted by Gasteiger charge is 2.26. The van der Waals surface area contributed by atoms with Crippen molar-refractivity contribution in [3.8, 4) is 5.75 Å². The van der Waals surface area contributed by atoms with Gasteiger partial charge in [0.15, 0.2) is 0 Å². The summed E-state index contributed by atoms with van der Waals surface area (Å²) in [5.74, 6) is 2.43. The van der Waals surface area contributed by atoms with Crippen molar-refractivity contribution in [1.29, 1.82) is 0 Å². The van der Waals surface area contributed by atoms with E-state index in [0.717, 1.165) is 73.5 Å². The summed E-state index contributed by atoms with van der Waals surface area (Å²) in [7, 11) is 1.72. The van der Waals surface area contributed by atoms with Gasteiger partial charge in [-0.15, -0.1) is 0 Å². The molecule has 0 spiro atoms.